The molecule has 0 aromatic carbocycles. The van der Waals surface area contributed by atoms with Crippen molar-refractivity contribution in [1.29, 1.82) is 0 Å². The molecule has 2 nitrogen and oxygen atoms in total. The van der Waals surface area contributed by atoms with Crippen LogP contribution in [0.2, 0.25) is 0 Å². The molecule has 0 aromatic heterocycles. The van der Waals surface area contributed by atoms with Gasteiger partial charge in [-0.05, 0) is 6.42 Å². The van der Waals surface area contributed by atoms with E-state index < -0.39 is 0 Å². The van der Waals surface area contributed by atoms with Gasteiger partial charge in [0.25, 0.3) is 0 Å². The number of amides is 1. The van der Waals surface area contributed by atoms with Crippen LogP contribution in [0.25, 0.3) is 0 Å². The normalized spacial score (nSPS) is 11.1. The second-order valence-corrected chi connectivity index (χ2v) is 1.71. The number of carbonyl (C=O) groups is 1. The molecule has 0 bridgehead atoms. The lowest BCUT2D eigenvalue weighted by molar-refractivity contribution is -0.121. The van der Waals surface area contributed by atoms with Crippen molar-refractivity contribution in [3.63, 3.8) is 0 Å². The number of rotatable bonds is 2. The van der Waals surface area contributed by atoms with E-state index in [4.69, 9.17) is 5.73 Å². The van der Waals surface area contributed by atoms with E-state index in [0.717, 1.165) is 6.42 Å². The predicted octanol–water partition coefficient (Wildman–Crippen LogP) is 1.79. The van der Waals surface area contributed by atoms with Gasteiger partial charge in [0.15, 0.2) is 0 Å². The topological polar surface area (TPSA) is 43.1 Å². The quantitative estimate of drug-likeness (QED) is 0.613. The lowest BCUT2D eigenvalue weighted by Gasteiger charge is -1.98. The van der Waals surface area contributed by atoms with Crippen molar-refractivity contribution in [3.05, 3.63) is 0 Å². The van der Waals surface area contributed by atoms with E-state index in [1.54, 1.807) is 0 Å². The van der Waals surface area contributed by atoms with Gasteiger partial charge < -0.3 is 5.73 Å². The molecule has 0 aliphatic heterocycles. The molecular formula is C7H19NO. The van der Waals surface area contributed by atoms with Crippen LogP contribution in [-0.2, 0) is 4.79 Å². The first-order valence-electron chi connectivity index (χ1n) is 3.47. The van der Waals surface area contributed by atoms with Crippen molar-refractivity contribution in [2.45, 2.75) is 34.1 Å². The molecule has 0 unspecified atom stereocenters. The van der Waals surface area contributed by atoms with Gasteiger partial charge in [0.2, 0.25) is 5.91 Å². The second kappa shape index (κ2) is 7.47. The van der Waals surface area contributed by atoms with Gasteiger partial charge >= 0.3 is 0 Å². The van der Waals surface area contributed by atoms with E-state index >= 15 is 0 Å². The van der Waals surface area contributed by atoms with Crippen molar-refractivity contribution in [2.75, 3.05) is 0 Å². The molecule has 0 fully saturated rings. The molecule has 0 saturated carbocycles. The zero-order valence-corrected chi connectivity index (χ0v) is 6.77. The largest absolute Gasteiger partial charge is 0.369 e. The van der Waals surface area contributed by atoms with Crippen molar-refractivity contribution in [2.24, 2.45) is 11.7 Å². The van der Waals surface area contributed by atoms with Gasteiger partial charge in [0, 0.05) is 7.34 Å². The second-order valence-electron chi connectivity index (χ2n) is 1.71. The summed E-state index contributed by atoms with van der Waals surface area (Å²) in [7, 11) is 0. The predicted molar refractivity (Wildman–Crippen MR) is 42.1 cm³/mol. The Kier molecular flexibility index (Phi) is 9.37. The summed E-state index contributed by atoms with van der Waals surface area (Å²) < 4.78 is 0. The lowest BCUT2D eigenvalue weighted by atomic mass is 10.1. The monoisotopic (exact) mass is 133 g/mol. The van der Waals surface area contributed by atoms with Crippen molar-refractivity contribution < 1.29 is 6.22 Å². The van der Waals surface area contributed by atoms with Gasteiger partial charge in [-0.2, -0.15) is 0 Å². The Hall–Kier alpha value is -0.530. The van der Waals surface area contributed by atoms with Crippen LogP contribution in [-0.4, -0.2) is 5.91 Å². The molecule has 0 aromatic rings. The van der Waals surface area contributed by atoms with Crippen LogP contribution in [0.5, 0.6) is 0 Å². The van der Waals surface area contributed by atoms with E-state index in [2.05, 4.69) is 0 Å². The molecule has 2 heteroatoms. The highest BCUT2D eigenvalue weighted by molar-refractivity contribution is 5.76. The Bertz CT molecular complexity index is 76.0. The Morgan fingerprint density at radius 1 is 1.67 bits per heavy atom. The van der Waals surface area contributed by atoms with Gasteiger partial charge in [-0.25, -0.2) is 0 Å². The molecule has 0 heterocycles. The third-order valence-electron chi connectivity index (χ3n) is 1.10. The minimum Gasteiger partial charge on any atom is -0.369 e. The molecule has 0 rings (SSSR count). The van der Waals surface area contributed by atoms with Gasteiger partial charge in [-0.3, -0.25) is 4.79 Å². The molecule has 9 heavy (non-hydrogen) atoms. The Balaban J connectivity index is -0.000000149. The fourth-order valence-corrected chi connectivity index (χ4v) is 0.201. The summed E-state index contributed by atoms with van der Waals surface area (Å²) in [5.74, 6) is -0.164. The summed E-state index contributed by atoms with van der Waals surface area (Å²) in [6.45, 7) is 7.76. The van der Waals surface area contributed by atoms with Crippen molar-refractivity contribution in [1.82, 2.24) is 0 Å². The van der Waals surface area contributed by atoms with Gasteiger partial charge in [-0.1, -0.05) is 27.7 Å². The van der Waals surface area contributed by atoms with Crippen molar-refractivity contribution >= 4 is 5.91 Å². The summed E-state index contributed by atoms with van der Waals surface area (Å²) in [6.07, 6.45) is 0.843. The molecule has 1 atom stereocenters. The summed E-state index contributed by atoms with van der Waals surface area (Å²) in [5, 5.41) is 0. The highest BCUT2D eigenvalue weighted by atomic mass is 16.1. The summed E-state index contributed by atoms with van der Waals surface area (Å²) in [6, 6.07) is 0. The fourth-order valence-electron chi connectivity index (χ4n) is 0.201. The molecule has 0 radical (unpaired) electrons. The third kappa shape index (κ3) is 7.47. The standard InChI is InChI=1S/C5H11NO.C2H6.H2/c1-3-4(2)5(6)7;1-2;/h4H,3H2,1-2H3,(H2,6,7);1-2H3;1H/t4-;;/m1../s1. The summed E-state index contributed by atoms with van der Waals surface area (Å²) in [4.78, 5) is 10.2. The van der Waals surface area contributed by atoms with Crippen LogP contribution in [0.15, 0.2) is 0 Å². The van der Waals surface area contributed by atoms with Crippen LogP contribution in [0, 0.1) is 5.92 Å². The first kappa shape index (κ1) is 11.3. The van der Waals surface area contributed by atoms with Gasteiger partial charge in [0.05, 0.1) is 0 Å². The highest BCUT2D eigenvalue weighted by Gasteiger charge is 2.02. The number of hydrogen-bond donors (Lipinski definition) is 1. The number of hydrogen-bond acceptors (Lipinski definition) is 1. The molecule has 58 valence electrons. The maximum Gasteiger partial charge on any atom is 0.220 e. The Morgan fingerprint density at radius 2 is 2.00 bits per heavy atom. The van der Waals surface area contributed by atoms with E-state index in [1.807, 2.05) is 27.7 Å². The Morgan fingerprint density at radius 3 is 2.00 bits per heavy atom. The summed E-state index contributed by atoms with van der Waals surface area (Å²) >= 11 is 0. The number of nitrogens with two attached hydrogens (primary N) is 1. The first-order chi connectivity index (χ1) is 4.18. The van der Waals surface area contributed by atoms with E-state index in [9.17, 15) is 4.79 Å². The minimum atomic E-state index is -0.206. The molecule has 0 aliphatic rings. The third-order valence-corrected chi connectivity index (χ3v) is 1.10. The number of carbonyl (C=O) groups excluding carboxylic acids is 1. The van der Waals surface area contributed by atoms with Crippen LogP contribution in [0.4, 0.5) is 0 Å². The fraction of sp³-hybridized carbons (Fsp3) is 0.857. The Labute approximate surface area is 58.9 Å². The van der Waals surface area contributed by atoms with Crippen molar-refractivity contribution in [3.8, 4) is 0 Å². The smallest absolute Gasteiger partial charge is 0.220 e. The molecule has 2 N–H and O–H groups in total. The van der Waals surface area contributed by atoms with E-state index in [-0.39, 0.29) is 13.3 Å². The maximum atomic E-state index is 10.2. The average Bonchev–Trinajstić information content (AvgIpc) is 1.91. The van der Waals surface area contributed by atoms with E-state index in [0.29, 0.717) is 0 Å². The maximum absolute atomic E-state index is 10.2. The molecule has 0 aliphatic carbocycles. The zero-order chi connectivity index (χ0) is 7.86. The number of primary amides is 1. The van der Waals surface area contributed by atoms with Crippen LogP contribution in [0.3, 0.4) is 0 Å². The van der Waals surface area contributed by atoms with Crippen LogP contribution < -0.4 is 5.73 Å². The van der Waals surface area contributed by atoms with Crippen LogP contribution >= 0.6 is 0 Å². The SMILES string of the molecule is CC.CC[C@@H](C)C(N)=O.[HH]. The van der Waals surface area contributed by atoms with Gasteiger partial charge in [0.1, 0.15) is 0 Å². The minimum absolute atomic E-state index is 0. The molecule has 1 amide bonds. The first-order valence-corrected chi connectivity index (χ1v) is 3.47. The average molecular weight is 133 g/mol. The zero-order valence-electron chi connectivity index (χ0n) is 6.77. The van der Waals surface area contributed by atoms with Crippen LogP contribution in [0.1, 0.15) is 35.5 Å². The molecule has 0 saturated heterocycles. The molecular weight excluding hydrogens is 114 g/mol. The van der Waals surface area contributed by atoms with E-state index in [1.165, 1.54) is 0 Å². The lowest BCUT2D eigenvalue weighted by Crippen LogP contribution is -2.19. The summed E-state index contributed by atoms with van der Waals surface area (Å²) in [5.41, 5.74) is 4.91. The molecule has 0 spiro atoms. The van der Waals surface area contributed by atoms with Gasteiger partial charge in [-0.15, -0.1) is 0 Å². The highest BCUT2D eigenvalue weighted by Crippen LogP contribution is 1.96.